The summed E-state index contributed by atoms with van der Waals surface area (Å²) in [5.41, 5.74) is 0.548. The van der Waals surface area contributed by atoms with Crippen LogP contribution in [-0.4, -0.2) is 57.6 Å². The van der Waals surface area contributed by atoms with Gasteiger partial charge in [0.1, 0.15) is 5.60 Å². The number of hydrogen-bond donors (Lipinski definition) is 0. The van der Waals surface area contributed by atoms with Gasteiger partial charge in [0.25, 0.3) is 0 Å². The van der Waals surface area contributed by atoms with E-state index in [1.807, 2.05) is 27.8 Å². The Morgan fingerprint density at radius 3 is 2.52 bits per heavy atom. The minimum atomic E-state index is -0.450. The third-order valence-corrected chi connectivity index (χ3v) is 3.44. The summed E-state index contributed by atoms with van der Waals surface area (Å²) in [4.78, 5) is 23.7. The molecule has 1 aromatic rings. The lowest BCUT2D eigenvalue weighted by Gasteiger charge is -2.44. The second-order valence-electron chi connectivity index (χ2n) is 6.31. The molecule has 6 nitrogen and oxygen atoms in total. The average Bonchev–Trinajstić information content (AvgIpc) is 2.27. The van der Waals surface area contributed by atoms with Crippen molar-refractivity contribution >= 4 is 17.7 Å². The van der Waals surface area contributed by atoms with Gasteiger partial charge in [-0.2, -0.15) is 0 Å². The Kier molecular flexibility index (Phi) is 4.68. The molecular weight excluding hydrogens is 292 g/mol. The van der Waals surface area contributed by atoms with Crippen LogP contribution in [0.4, 0.5) is 4.79 Å². The van der Waals surface area contributed by atoms with Gasteiger partial charge in [-0.05, 0) is 39.4 Å². The first-order chi connectivity index (χ1) is 9.74. The van der Waals surface area contributed by atoms with E-state index in [0.29, 0.717) is 19.1 Å². The molecule has 0 aliphatic carbocycles. The van der Waals surface area contributed by atoms with E-state index in [9.17, 15) is 4.79 Å². The number of carbonyl (C=O) groups excluding carboxylic acids is 1. The number of amides is 1. The molecule has 1 aromatic heterocycles. The SMILES string of the molecule is CN(Cc1cnc(Cl)nc1)C1CN(C(=O)OC(C)(C)C)C1. The van der Waals surface area contributed by atoms with Crippen LogP contribution in [0.1, 0.15) is 26.3 Å². The Bertz CT molecular complexity index is 495. The zero-order chi connectivity index (χ0) is 15.6. The molecule has 7 heteroatoms. The van der Waals surface area contributed by atoms with Gasteiger partial charge in [0.2, 0.25) is 5.28 Å². The molecular formula is C14H21ClN4O2. The molecule has 0 aromatic carbocycles. The highest BCUT2D eigenvalue weighted by Crippen LogP contribution is 2.19. The summed E-state index contributed by atoms with van der Waals surface area (Å²) >= 11 is 5.66. The van der Waals surface area contributed by atoms with Crippen molar-refractivity contribution in [2.24, 2.45) is 0 Å². The maximum absolute atomic E-state index is 11.9. The van der Waals surface area contributed by atoms with Crippen LogP contribution in [0.3, 0.4) is 0 Å². The zero-order valence-electron chi connectivity index (χ0n) is 12.8. The van der Waals surface area contributed by atoms with Gasteiger partial charge >= 0.3 is 6.09 Å². The van der Waals surface area contributed by atoms with Crippen LogP contribution >= 0.6 is 11.6 Å². The summed E-state index contributed by atoms with van der Waals surface area (Å²) in [5.74, 6) is 0. The average molecular weight is 313 g/mol. The zero-order valence-corrected chi connectivity index (χ0v) is 13.6. The van der Waals surface area contributed by atoms with E-state index >= 15 is 0 Å². The Labute approximate surface area is 130 Å². The predicted molar refractivity (Wildman–Crippen MR) is 80.1 cm³/mol. The Morgan fingerprint density at radius 1 is 1.43 bits per heavy atom. The molecule has 116 valence electrons. The molecule has 21 heavy (non-hydrogen) atoms. The van der Waals surface area contributed by atoms with Gasteiger partial charge < -0.3 is 9.64 Å². The minimum Gasteiger partial charge on any atom is -0.444 e. The summed E-state index contributed by atoms with van der Waals surface area (Å²) in [7, 11) is 2.02. The third kappa shape index (κ3) is 4.54. The topological polar surface area (TPSA) is 58.6 Å². The van der Waals surface area contributed by atoms with Crippen molar-refractivity contribution in [3.8, 4) is 0 Å². The quantitative estimate of drug-likeness (QED) is 0.801. The Balaban J connectivity index is 1.78. The number of likely N-dealkylation sites (N-methyl/N-ethyl adjacent to an activating group) is 1. The lowest BCUT2D eigenvalue weighted by Crippen LogP contribution is -2.60. The van der Waals surface area contributed by atoms with Crippen molar-refractivity contribution in [1.82, 2.24) is 19.8 Å². The fraction of sp³-hybridized carbons (Fsp3) is 0.643. The molecule has 1 aliphatic heterocycles. The highest BCUT2D eigenvalue weighted by atomic mass is 35.5. The molecule has 1 saturated heterocycles. The maximum Gasteiger partial charge on any atom is 0.410 e. The molecule has 0 spiro atoms. The molecule has 1 amide bonds. The van der Waals surface area contributed by atoms with E-state index in [4.69, 9.17) is 16.3 Å². The van der Waals surface area contributed by atoms with Gasteiger partial charge in [0, 0.05) is 43.6 Å². The van der Waals surface area contributed by atoms with Gasteiger partial charge in [0.05, 0.1) is 0 Å². The van der Waals surface area contributed by atoms with Gasteiger partial charge in [-0.3, -0.25) is 4.90 Å². The Morgan fingerprint density at radius 2 is 2.00 bits per heavy atom. The van der Waals surface area contributed by atoms with E-state index in [0.717, 1.165) is 12.1 Å². The summed E-state index contributed by atoms with van der Waals surface area (Å²) < 4.78 is 5.33. The van der Waals surface area contributed by atoms with E-state index in [1.165, 1.54) is 0 Å². The van der Waals surface area contributed by atoms with Crippen LogP contribution in [0.15, 0.2) is 12.4 Å². The molecule has 0 N–H and O–H groups in total. The van der Waals surface area contributed by atoms with Gasteiger partial charge in [0.15, 0.2) is 0 Å². The second-order valence-corrected chi connectivity index (χ2v) is 6.65. The highest BCUT2D eigenvalue weighted by molar-refractivity contribution is 6.28. The molecule has 2 heterocycles. The van der Waals surface area contributed by atoms with Crippen molar-refractivity contribution in [2.45, 2.75) is 39.0 Å². The van der Waals surface area contributed by atoms with Crippen LogP contribution in [-0.2, 0) is 11.3 Å². The van der Waals surface area contributed by atoms with Gasteiger partial charge in [-0.25, -0.2) is 14.8 Å². The Hall–Kier alpha value is -1.40. The van der Waals surface area contributed by atoms with E-state index in [-0.39, 0.29) is 11.4 Å². The number of aromatic nitrogens is 2. The van der Waals surface area contributed by atoms with Crippen molar-refractivity contribution in [3.63, 3.8) is 0 Å². The first kappa shape index (κ1) is 16.0. The van der Waals surface area contributed by atoms with Crippen LogP contribution < -0.4 is 0 Å². The normalized spacial score (nSPS) is 16.0. The first-order valence-corrected chi connectivity index (χ1v) is 7.27. The monoisotopic (exact) mass is 312 g/mol. The van der Waals surface area contributed by atoms with E-state index < -0.39 is 5.60 Å². The number of ether oxygens (including phenoxy) is 1. The molecule has 1 aliphatic rings. The minimum absolute atomic E-state index is 0.248. The summed E-state index contributed by atoms with van der Waals surface area (Å²) in [6.45, 7) is 7.70. The molecule has 1 fully saturated rings. The number of carbonyl (C=O) groups is 1. The smallest absolute Gasteiger partial charge is 0.410 e. The van der Waals surface area contributed by atoms with Gasteiger partial charge in [-0.15, -0.1) is 0 Å². The highest BCUT2D eigenvalue weighted by Gasteiger charge is 2.35. The van der Waals surface area contributed by atoms with Crippen molar-refractivity contribution in [3.05, 3.63) is 23.2 Å². The predicted octanol–water partition coefficient (Wildman–Crippen LogP) is 2.18. The number of hydrogen-bond acceptors (Lipinski definition) is 5. The molecule has 0 radical (unpaired) electrons. The lowest BCUT2D eigenvalue weighted by molar-refractivity contribution is -0.0120. The number of likely N-dealkylation sites (tertiary alicyclic amines) is 1. The fourth-order valence-electron chi connectivity index (χ4n) is 2.05. The van der Waals surface area contributed by atoms with Crippen LogP contribution in [0.25, 0.3) is 0 Å². The van der Waals surface area contributed by atoms with Crippen LogP contribution in [0, 0.1) is 0 Å². The molecule has 0 atom stereocenters. The molecule has 2 rings (SSSR count). The molecule has 0 bridgehead atoms. The number of rotatable bonds is 3. The number of halogens is 1. The first-order valence-electron chi connectivity index (χ1n) is 6.89. The van der Waals surface area contributed by atoms with Crippen molar-refractivity contribution in [1.29, 1.82) is 0 Å². The number of nitrogens with zero attached hydrogens (tertiary/aromatic N) is 4. The summed E-state index contributed by atoms with van der Waals surface area (Å²) in [6.07, 6.45) is 3.19. The van der Waals surface area contributed by atoms with Crippen LogP contribution in [0.2, 0.25) is 5.28 Å². The largest absolute Gasteiger partial charge is 0.444 e. The van der Waals surface area contributed by atoms with Crippen molar-refractivity contribution < 1.29 is 9.53 Å². The van der Waals surface area contributed by atoms with Gasteiger partial charge in [-0.1, -0.05) is 0 Å². The summed E-state index contributed by atoms with van der Waals surface area (Å²) in [5, 5.41) is 0.251. The standard InChI is InChI=1S/C14H21ClN4O2/c1-14(2,3)21-13(20)19-8-11(9-19)18(4)7-10-5-16-12(15)17-6-10/h5-6,11H,7-9H2,1-4H3. The fourth-order valence-corrected chi connectivity index (χ4v) is 2.14. The van der Waals surface area contributed by atoms with E-state index in [1.54, 1.807) is 17.3 Å². The maximum atomic E-state index is 11.9. The van der Waals surface area contributed by atoms with Crippen LogP contribution in [0.5, 0.6) is 0 Å². The van der Waals surface area contributed by atoms with E-state index in [2.05, 4.69) is 14.9 Å². The second kappa shape index (κ2) is 6.15. The summed E-state index contributed by atoms with van der Waals surface area (Å²) in [6, 6.07) is 0.327. The lowest BCUT2D eigenvalue weighted by atomic mass is 10.1. The van der Waals surface area contributed by atoms with Crippen molar-refractivity contribution in [2.75, 3.05) is 20.1 Å². The molecule has 0 saturated carbocycles. The third-order valence-electron chi connectivity index (χ3n) is 3.24. The molecule has 0 unspecified atom stereocenters.